The summed E-state index contributed by atoms with van der Waals surface area (Å²) in [6.07, 6.45) is 3.39. The van der Waals surface area contributed by atoms with Crippen molar-refractivity contribution in [3.05, 3.63) is 143 Å². The molecule has 0 saturated carbocycles. The second-order valence-corrected chi connectivity index (χ2v) is 14.8. The van der Waals surface area contributed by atoms with Crippen molar-refractivity contribution in [2.24, 2.45) is 0 Å². The van der Waals surface area contributed by atoms with Crippen LogP contribution in [-0.2, 0) is 25.7 Å². The third kappa shape index (κ3) is 12.2. The molecule has 290 valence electrons. The molecule has 55 heavy (non-hydrogen) atoms. The van der Waals surface area contributed by atoms with E-state index in [1.807, 2.05) is 89.7 Å². The molecule has 5 aromatic carbocycles. The van der Waals surface area contributed by atoms with Crippen molar-refractivity contribution in [3.63, 3.8) is 0 Å². The summed E-state index contributed by atoms with van der Waals surface area (Å²) in [6.45, 7) is 3.10. The predicted molar refractivity (Wildman–Crippen MR) is 222 cm³/mol. The van der Waals surface area contributed by atoms with E-state index in [0.717, 1.165) is 47.8 Å². The first-order valence-corrected chi connectivity index (χ1v) is 19.0. The van der Waals surface area contributed by atoms with Gasteiger partial charge in [0.15, 0.2) is 0 Å². The van der Waals surface area contributed by atoms with Crippen molar-refractivity contribution >= 4 is 22.8 Å². The highest BCUT2D eigenvalue weighted by Gasteiger charge is 2.23. The number of urea groups is 2. The second-order valence-electron chi connectivity index (χ2n) is 14.8. The van der Waals surface area contributed by atoms with E-state index in [0.29, 0.717) is 13.1 Å². The summed E-state index contributed by atoms with van der Waals surface area (Å²) in [4.78, 5) is 29.0. The Kier molecular flexibility index (Phi) is 14.5. The largest absolute Gasteiger partial charge is 0.508 e. The number of hydrogen-bond acceptors (Lipinski definition) is 6. The van der Waals surface area contributed by atoms with Crippen molar-refractivity contribution in [2.45, 2.75) is 56.8 Å². The van der Waals surface area contributed by atoms with Crippen LogP contribution < -0.4 is 21.3 Å². The van der Waals surface area contributed by atoms with Gasteiger partial charge >= 0.3 is 12.1 Å². The Morgan fingerprint density at radius 2 is 1.11 bits per heavy atom. The van der Waals surface area contributed by atoms with Gasteiger partial charge in [-0.25, -0.2) is 9.59 Å². The molecule has 0 aromatic heterocycles. The van der Waals surface area contributed by atoms with Crippen molar-refractivity contribution in [3.8, 4) is 11.5 Å². The summed E-state index contributed by atoms with van der Waals surface area (Å²) >= 11 is 0. The Hall–Kier alpha value is -5.58. The molecule has 0 spiro atoms. The van der Waals surface area contributed by atoms with Gasteiger partial charge in [-0.05, 0) is 124 Å². The van der Waals surface area contributed by atoms with E-state index in [-0.39, 0.29) is 47.7 Å². The van der Waals surface area contributed by atoms with Gasteiger partial charge in [0.25, 0.3) is 0 Å². The van der Waals surface area contributed by atoms with Gasteiger partial charge < -0.3 is 41.3 Å². The monoisotopic (exact) mass is 744 g/mol. The van der Waals surface area contributed by atoms with Crippen molar-refractivity contribution in [2.75, 3.05) is 41.3 Å². The molecule has 3 atom stereocenters. The highest BCUT2D eigenvalue weighted by Crippen LogP contribution is 2.24. The number of likely N-dealkylation sites (N-methyl/N-ethyl adjacent to an activating group) is 2. The number of nitrogens with zero attached hydrogens (tertiary/aromatic N) is 2. The first-order valence-electron chi connectivity index (χ1n) is 19.0. The molecule has 0 unspecified atom stereocenters. The molecule has 6 rings (SSSR count). The van der Waals surface area contributed by atoms with Gasteiger partial charge in [-0.15, -0.1) is 0 Å². The zero-order valence-electron chi connectivity index (χ0n) is 32.6. The Bertz CT molecular complexity index is 1950. The first kappa shape index (κ1) is 40.6. The molecule has 1 aliphatic rings. The van der Waals surface area contributed by atoms with Crippen LogP contribution in [-0.4, -0.2) is 91.5 Å². The minimum Gasteiger partial charge on any atom is -0.508 e. The van der Waals surface area contributed by atoms with Gasteiger partial charge in [0.1, 0.15) is 11.5 Å². The summed E-state index contributed by atoms with van der Waals surface area (Å²) in [5.74, 6) is 0.528. The van der Waals surface area contributed by atoms with Crippen molar-refractivity contribution in [1.29, 1.82) is 0 Å². The molecule has 10 heteroatoms. The van der Waals surface area contributed by atoms with E-state index in [1.54, 1.807) is 24.3 Å². The summed E-state index contributed by atoms with van der Waals surface area (Å²) in [5.41, 5.74) is 6.02. The second kappa shape index (κ2) is 19.7. The smallest absolute Gasteiger partial charge is 0.315 e. The maximum atomic E-state index is 12.5. The molecule has 0 fully saturated rings. The van der Waals surface area contributed by atoms with Gasteiger partial charge in [0, 0.05) is 31.2 Å². The highest BCUT2D eigenvalue weighted by atomic mass is 16.3. The van der Waals surface area contributed by atoms with E-state index < -0.39 is 0 Å². The van der Waals surface area contributed by atoms with Crippen molar-refractivity contribution < 1.29 is 19.8 Å². The van der Waals surface area contributed by atoms with Gasteiger partial charge in [-0.3, -0.25) is 0 Å². The van der Waals surface area contributed by atoms with Gasteiger partial charge in [0.05, 0.1) is 6.04 Å². The Labute approximate surface area is 325 Å². The number of aromatic hydroxyl groups is 2. The lowest BCUT2D eigenvalue weighted by Gasteiger charge is -2.25. The van der Waals surface area contributed by atoms with E-state index in [2.05, 4.69) is 67.5 Å². The van der Waals surface area contributed by atoms with Gasteiger partial charge in [-0.1, -0.05) is 91.0 Å². The molecular weight excluding hydrogens is 689 g/mol. The molecule has 10 nitrogen and oxygen atoms in total. The Morgan fingerprint density at radius 3 is 1.64 bits per heavy atom. The lowest BCUT2D eigenvalue weighted by Crippen LogP contribution is -2.48. The average Bonchev–Trinajstić information content (AvgIpc) is 3.58. The first-order chi connectivity index (χ1) is 26.4. The van der Waals surface area contributed by atoms with Crippen LogP contribution in [0.4, 0.5) is 9.59 Å². The standard InChI is InChI=1S/C24H29N3O2.C21H27N3O2/c1-17(22-10-6-8-19-7-4-5-9-23(19)22)26-24(29)25-16-20(27(2)3)15-18-11-13-21(28)14-12-18;1-24(2)19(11-15-7-9-20(25)10-8-15)14-22-21(26)23-18-12-16-5-3-4-6-17(16)13-18/h4-14,17,20,28H,15-16H2,1-3H3,(H2,25,26,29);3-10,18-19,25H,11-14H2,1-2H3,(H2,22,23,26)/t17-,20-;19-/m00/s1. The minimum atomic E-state index is -0.178. The number of phenolic OH excluding ortho intramolecular Hbond substituents is 2. The number of carbonyl (C=O) groups is 2. The molecule has 0 radical (unpaired) electrons. The third-order valence-corrected chi connectivity index (χ3v) is 10.3. The number of carbonyl (C=O) groups excluding carboxylic acids is 2. The average molecular weight is 745 g/mol. The van der Waals surface area contributed by atoms with Crippen LogP contribution in [0.1, 0.15) is 40.8 Å². The van der Waals surface area contributed by atoms with E-state index in [9.17, 15) is 19.8 Å². The number of fused-ring (bicyclic) bond motifs is 2. The van der Waals surface area contributed by atoms with Crippen LogP contribution in [0.25, 0.3) is 10.8 Å². The summed E-state index contributed by atoms with van der Waals surface area (Å²) < 4.78 is 0. The fourth-order valence-corrected chi connectivity index (χ4v) is 6.95. The fourth-order valence-electron chi connectivity index (χ4n) is 6.95. The van der Waals surface area contributed by atoms with Gasteiger partial charge in [0.2, 0.25) is 0 Å². The summed E-state index contributed by atoms with van der Waals surface area (Å²) in [5, 5.41) is 33.3. The number of hydrogen-bond donors (Lipinski definition) is 6. The van der Waals surface area contributed by atoms with E-state index in [4.69, 9.17) is 0 Å². The lowest BCUT2D eigenvalue weighted by molar-refractivity contribution is 0.228. The molecule has 0 heterocycles. The van der Waals surface area contributed by atoms with Crippen LogP contribution in [0.2, 0.25) is 0 Å². The number of rotatable bonds is 13. The number of phenols is 2. The molecule has 6 N–H and O–H groups in total. The van der Waals surface area contributed by atoms with Crippen molar-refractivity contribution in [1.82, 2.24) is 31.1 Å². The highest BCUT2D eigenvalue weighted by molar-refractivity contribution is 5.86. The Balaban J connectivity index is 0.000000212. The molecule has 4 amide bonds. The van der Waals surface area contributed by atoms with Crippen LogP contribution in [0.15, 0.2) is 115 Å². The molecule has 0 saturated heterocycles. The fraction of sp³-hybridized carbons (Fsp3) is 0.333. The number of benzene rings is 5. The maximum absolute atomic E-state index is 12.5. The molecule has 1 aliphatic carbocycles. The predicted octanol–water partition coefficient (Wildman–Crippen LogP) is 6.41. The SMILES string of the molecule is CN(C)[C@H](CNC(=O)NC1Cc2ccccc2C1)Cc1ccc(O)cc1.C[C@H](NC(=O)NC[C@H](Cc1ccc(O)cc1)N(C)C)c1cccc2ccccc12. The maximum Gasteiger partial charge on any atom is 0.315 e. The topological polar surface area (TPSA) is 129 Å². The minimum absolute atomic E-state index is 0.101. The quantitative estimate of drug-likeness (QED) is 0.0828. The zero-order valence-corrected chi connectivity index (χ0v) is 32.6. The van der Waals surface area contributed by atoms with Gasteiger partial charge in [-0.2, -0.15) is 0 Å². The van der Waals surface area contributed by atoms with Crippen LogP contribution >= 0.6 is 0 Å². The molecular formula is C45H56N6O4. The third-order valence-electron chi connectivity index (χ3n) is 10.3. The van der Waals surface area contributed by atoms with E-state index >= 15 is 0 Å². The summed E-state index contributed by atoms with van der Waals surface area (Å²) in [6, 6.07) is 37.3. The lowest BCUT2D eigenvalue weighted by atomic mass is 10.00. The number of amides is 4. The molecule has 0 bridgehead atoms. The summed E-state index contributed by atoms with van der Waals surface area (Å²) in [7, 11) is 8.03. The van der Waals surface area contributed by atoms with Crippen LogP contribution in [0.3, 0.4) is 0 Å². The van der Waals surface area contributed by atoms with E-state index in [1.165, 1.54) is 16.5 Å². The molecule has 0 aliphatic heterocycles. The normalized spacial score (nSPS) is 14.0. The zero-order chi connectivity index (χ0) is 39.3. The Morgan fingerprint density at radius 1 is 0.636 bits per heavy atom. The van der Waals surface area contributed by atoms with Crippen LogP contribution in [0.5, 0.6) is 11.5 Å². The van der Waals surface area contributed by atoms with Crippen LogP contribution in [0, 0.1) is 0 Å². The molecule has 5 aromatic rings. The number of nitrogens with one attached hydrogen (secondary N) is 4.